The minimum absolute atomic E-state index is 0.0437. The van der Waals surface area contributed by atoms with E-state index in [0.717, 1.165) is 30.4 Å². The van der Waals surface area contributed by atoms with Crippen LogP contribution in [0.25, 0.3) is 0 Å². The smallest absolute Gasteiger partial charge is 0.0994 e. The molecular weight excluding hydrogens is 224 g/mol. The number of nitrogens with zero attached hydrogens (tertiary/aromatic N) is 3. The molecule has 0 bridgehead atoms. The van der Waals surface area contributed by atoms with E-state index in [1.165, 1.54) is 19.3 Å². The minimum atomic E-state index is 0.0437. The normalized spacial score (nSPS) is 30.3. The lowest BCUT2D eigenvalue weighted by Crippen LogP contribution is -2.23. The van der Waals surface area contributed by atoms with Crippen molar-refractivity contribution in [3.63, 3.8) is 0 Å². The Bertz CT molecular complexity index is 364. The number of aromatic nitrogens is 3. The maximum atomic E-state index is 6.09. The molecule has 1 aliphatic rings. The number of hydrogen-bond acceptors (Lipinski definition) is 3. The molecule has 4 heteroatoms. The summed E-state index contributed by atoms with van der Waals surface area (Å²) in [7, 11) is 0. The van der Waals surface area contributed by atoms with Crippen LogP contribution in [0.5, 0.6) is 0 Å². The third-order valence-corrected chi connectivity index (χ3v) is 4.04. The van der Waals surface area contributed by atoms with Gasteiger partial charge in [0.05, 0.1) is 24.0 Å². The van der Waals surface area contributed by atoms with Gasteiger partial charge in [-0.3, -0.25) is 0 Å². The fraction of sp³-hybridized carbons (Fsp3) is 0.857. The van der Waals surface area contributed by atoms with Crippen LogP contribution in [-0.2, 0) is 0 Å². The largest absolute Gasteiger partial charge is 0.323 e. The van der Waals surface area contributed by atoms with Crippen LogP contribution in [0.15, 0.2) is 6.20 Å². The van der Waals surface area contributed by atoms with Crippen LogP contribution < -0.4 is 5.73 Å². The van der Waals surface area contributed by atoms with Gasteiger partial charge in [0.1, 0.15) is 0 Å². The van der Waals surface area contributed by atoms with E-state index in [2.05, 4.69) is 42.0 Å². The lowest BCUT2D eigenvalue weighted by molar-refractivity contribution is 0.208. The molecule has 1 fully saturated rings. The van der Waals surface area contributed by atoms with Crippen molar-refractivity contribution in [2.75, 3.05) is 0 Å². The summed E-state index contributed by atoms with van der Waals surface area (Å²) >= 11 is 0. The fourth-order valence-electron chi connectivity index (χ4n) is 3.22. The van der Waals surface area contributed by atoms with Crippen LogP contribution in [0, 0.1) is 11.8 Å². The van der Waals surface area contributed by atoms with Crippen molar-refractivity contribution in [3.05, 3.63) is 11.9 Å². The Balaban J connectivity index is 2.05. The van der Waals surface area contributed by atoms with Crippen LogP contribution in [0.1, 0.15) is 70.7 Å². The Hall–Kier alpha value is -0.900. The molecule has 0 aromatic carbocycles. The molecule has 1 heterocycles. The summed E-state index contributed by atoms with van der Waals surface area (Å²) in [6, 6.07) is 0.556. The molecule has 102 valence electrons. The van der Waals surface area contributed by atoms with E-state index < -0.39 is 0 Å². The molecule has 1 saturated carbocycles. The van der Waals surface area contributed by atoms with Crippen molar-refractivity contribution in [2.45, 2.75) is 65.0 Å². The van der Waals surface area contributed by atoms with Crippen LogP contribution in [0.4, 0.5) is 0 Å². The van der Waals surface area contributed by atoms with Crippen molar-refractivity contribution < 1.29 is 0 Å². The van der Waals surface area contributed by atoms with Gasteiger partial charge in [-0.05, 0) is 37.5 Å². The maximum Gasteiger partial charge on any atom is 0.0994 e. The number of nitrogens with two attached hydrogens (primary N) is 1. The van der Waals surface area contributed by atoms with Crippen molar-refractivity contribution in [1.82, 2.24) is 15.0 Å². The second-order valence-electron chi connectivity index (χ2n) is 6.09. The molecule has 0 aliphatic heterocycles. The monoisotopic (exact) mass is 250 g/mol. The molecule has 0 amide bonds. The first-order valence-electron chi connectivity index (χ1n) is 7.27. The van der Waals surface area contributed by atoms with Gasteiger partial charge in [-0.2, -0.15) is 0 Å². The summed E-state index contributed by atoms with van der Waals surface area (Å²) in [5.74, 6) is 1.58. The highest BCUT2D eigenvalue weighted by Gasteiger charge is 2.26. The maximum absolute atomic E-state index is 6.09. The van der Waals surface area contributed by atoms with Crippen LogP contribution in [-0.4, -0.2) is 15.0 Å². The molecule has 1 aromatic heterocycles. The zero-order chi connectivity index (χ0) is 13.1. The molecule has 3 atom stereocenters. The lowest BCUT2D eigenvalue weighted by Gasteiger charge is -2.31. The van der Waals surface area contributed by atoms with Gasteiger partial charge in [0.2, 0.25) is 0 Å². The summed E-state index contributed by atoms with van der Waals surface area (Å²) in [6.07, 6.45) is 7.91. The average molecular weight is 250 g/mol. The van der Waals surface area contributed by atoms with Crippen molar-refractivity contribution in [3.8, 4) is 0 Å². The first-order chi connectivity index (χ1) is 8.60. The predicted molar refractivity (Wildman–Crippen MR) is 73.1 cm³/mol. The standard InChI is InChI=1S/C14H26N4/c1-4-5-13(15)14-9-18(17-16-14)12-7-10(2)6-11(3)8-12/h9-13H,4-8,15H2,1-3H3. The first-order valence-corrected chi connectivity index (χ1v) is 7.27. The van der Waals surface area contributed by atoms with Crippen molar-refractivity contribution >= 4 is 0 Å². The molecule has 2 rings (SSSR count). The van der Waals surface area contributed by atoms with Crippen LogP contribution >= 0.6 is 0 Å². The second kappa shape index (κ2) is 5.83. The molecule has 0 saturated heterocycles. The van der Waals surface area contributed by atoms with Gasteiger partial charge < -0.3 is 5.73 Å². The predicted octanol–water partition coefficient (Wildman–Crippen LogP) is 3.08. The Morgan fingerprint density at radius 2 is 2.00 bits per heavy atom. The Labute approximate surface area is 110 Å². The minimum Gasteiger partial charge on any atom is -0.323 e. The van der Waals surface area contributed by atoms with Gasteiger partial charge >= 0.3 is 0 Å². The second-order valence-corrected chi connectivity index (χ2v) is 6.09. The van der Waals surface area contributed by atoms with E-state index in [1.807, 2.05) is 0 Å². The summed E-state index contributed by atoms with van der Waals surface area (Å²) in [5.41, 5.74) is 7.03. The van der Waals surface area contributed by atoms with E-state index in [-0.39, 0.29) is 6.04 Å². The van der Waals surface area contributed by atoms with Crippen molar-refractivity contribution in [2.24, 2.45) is 17.6 Å². The Kier molecular flexibility index (Phi) is 4.38. The summed E-state index contributed by atoms with van der Waals surface area (Å²) in [5, 5.41) is 8.55. The van der Waals surface area contributed by atoms with Crippen LogP contribution in [0.2, 0.25) is 0 Å². The highest BCUT2D eigenvalue weighted by atomic mass is 15.4. The Morgan fingerprint density at radius 1 is 1.33 bits per heavy atom. The zero-order valence-corrected chi connectivity index (χ0v) is 11.8. The highest BCUT2D eigenvalue weighted by molar-refractivity contribution is 5.00. The summed E-state index contributed by atoms with van der Waals surface area (Å²) in [4.78, 5) is 0. The first kappa shape index (κ1) is 13.5. The van der Waals surface area contributed by atoms with E-state index >= 15 is 0 Å². The molecule has 4 nitrogen and oxygen atoms in total. The zero-order valence-electron chi connectivity index (χ0n) is 11.8. The summed E-state index contributed by atoms with van der Waals surface area (Å²) in [6.45, 7) is 6.82. The Morgan fingerprint density at radius 3 is 2.61 bits per heavy atom. The average Bonchev–Trinajstić information content (AvgIpc) is 2.77. The van der Waals surface area contributed by atoms with Gasteiger partial charge in [-0.25, -0.2) is 4.68 Å². The van der Waals surface area contributed by atoms with E-state index in [1.54, 1.807) is 0 Å². The topological polar surface area (TPSA) is 56.7 Å². The van der Waals surface area contributed by atoms with E-state index in [0.29, 0.717) is 6.04 Å². The van der Waals surface area contributed by atoms with Gasteiger partial charge in [0.25, 0.3) is 0 Å². The SMILES string of the molecule is CCCC(N)c1cn(C2CC(C)CC(C)C2)nn1. The molecule has 2 N–H and O–H groups in total. The third kappa shape index (κ3) is 3.10. The summed E-state index contributed by atoms with van der Waals surface area (Å²) < 4.78 is 2.05. The molecule has 3 unspecified atom stereocenters. The quantitative estimate of drug-likeness (QED) is 0.893. The molecule has 1 aromatic rings. The van der Waals surface area contributed by atoms with Crippen LogP contribution in [0.3, 0.4) is 0 Å². The molecular formula is C14H26N4. The molecule has 1 aliphatic carbocycles. The van der Waals surface area contributed by atoms with Gasteiger partial charge in [-0.15, -0.1) is 5.10 Å². The van der Waals surface area contributed by atoms with E-state index in [4.69, 9.17) is 5.73 Å². The van der Waals surface area contributed by atoms with Gasteiger partial charge in [0, 0.05) is 0 Å². The van der Waals surface area contributed by atoms with E-state index in [9.17, 15) is 0 Å². The number of hydrogen-bond donors (Lipinski definition) is 1. The number of rotatable bonds is 4. The fourth-order valence-corrected chi connectivity index (χ4v) is 3.22. The van der Waals surface area contributed by atoms with Gasteiger partial charge in [-0.1, -0.05) is 32.4 Å². The molecule has 0 spiro atoms. The molecule has 0 radical (unpaired) electrons. The highest BCUT2D eigenvalue weighted by Crippen LogP contribution is 2.35. The van der Waals surface area contributed by atoms with Gasteiger partial charge in [0.15, 0.2) is 0 Å². The molecule has 18 heavy (non-hydrogen) atoms. The van der Waals surface area contributed by atoms with Crippen molar-refractivity contribution in [1.29, 1.82) is 0 Å². The third-order valence-electron chi connectivity index (χ3n) is 4.04. The lowest BCUT2D eigenvalue weighted by atomic mass is 9.80.